The zero-order valence-corrected chi connectivity index (χ0v) is 16.6. The number of hydrogen-bond donors (Lipinski definition) is 0. The van der Waals surface area contributed by atoms with Gasteiger partial charge in [0.05, 0.1) is 23.6 Å². The van der Waals surface area contributed by atoms with E-state index in [1.807, 2.05) is 31.1 Å². The second-order valence-electron chi connectivity index (χ2n) is 6.84. The quantitative estimate of drug-likeness (QED) is 0.691. The van der Waals surface area contributed by atoms with E-state index in [0.29, 0.717) is 5.56 Å². The molecule has 1 aliphatic heterocycles. The van der Waals surface area contributed by atoms with Crippen molar-refractivity contribution < 1.29 is 9.53 Å². The van der Waals surface area contributed by atoms with Crippen LogP contribution in [0.2, 0.25) is 0 Å². The largest absolute Gasteiger partial charge is 0.494 e. The van der Waals surface area contributed by atoms with Crippen LogP contribution < -0.4 is 9.64 Å². The smallest absolute Gasteiger partial charge is 0.257 e. The summed E-state index contributed by atoms with van der Waals surface area (Å²) in [7, 11) is 5.38. The van der Waals surface area contributed by atoms with Gasteiger partial charge >= 0.3 is 0 Å². The van der Waals surface area contributed by atoms with E-state index < -0.39 is 0 Å². The molecule has 1 aliphatic rings. The molecular weight excluding hydrogens is 362 g/mol. The van der Waals surface area contributed by atoms with E-state index in [0.717, 1.165) is 47.0 Å². The van der Waals surface area contributed by atoms with Gasteiger partial charge in [0.1, 0.15) is 11.3 Å². The molecule has 4 rings (SSSR count). The van der Waals surface area contributed by atoms with Crippen molar-refractivity contribution in [2.75, 3.05) is 32.1 Å². The fourth-order valence-corrected chi connectivity index (χ4v) is 4.59. The van der Waals surface area contributed by atoms with Crippen LogP contribution in [0.3, 0.4) is 0 Å². The van der Waals surface area contributed by atoms with Crippen LogP contribution in [0, 0.1) is 0 Å². The van der Waals surface area contributed by atoms with Gasteiger partial charge in [-0.1, -0.05) is 17.4 Å². The third-order valence-corrected chi connectivity index (χ3v) is 6.23. The Morgan fingerprint density at radius 3 is 2.78 bits per heavy atom. The van der Waals surface area contributed by atoms with Gasteiger partial charge in [-0.15, -0.1) is 0 Å². The number of anilines is 1. The highest BCUT2D eigenvalue weighted by atomic mass is 32.1. The minimum atomic E-state index is 0.0336. The van der Waals surface area contributed by atoms with E-state index >= 15 is 0 Å². The lowest BCUT2D eigenvalue weighted by atomic mass is 10.0. The van der Waals surface area contributed by atoms with Gasteiger partial charge in [-0.2, -0.15) is 5.10 Å². The fraction of sp³-hybridized carbons (Fsp3) is 0.421. The molecule has 1 saturated heterocycles. The molecule has 2 aromatic heterocycles. The summed E-state index contributed by atoms with van der Waals surface area (Å²) < 4.78 is 8.21. The molecule has 3 aromatic rings. The van der Waals surface area contributed by atoms with Crippen molar-refractivity contribution in [1.82, 2.24) is 19.7 Å². The van der Waals surface area contributed by atoms with Gasteiger partial charge in [0.15, 0.2) is 5.13 Å². The van der Waals surface area contributed by atoms with Gasteiger partial charge in [-0.05, 0) is 25.0 Å². The number of hydrogen-bond acceptors (Lipinski definition) is 6. The Bertz CT molecular complexity index is 958. The highest BCUT2D eigenvalue weighted by molar-refractivity contribution is 7.22. The molecule has 1 fully saturated rings. The van der Waals surface area contributed by atoms with E-state index in [1.165, 1.54) is 0 Å². The number of ether oxygens (including phenoxy) is 1. The molecule has 0 saturated carbocycles. The number of piperidine rings is 1. The van der Waals surface area contributed by atoms with Crippen molar-refractivity contribution in [3.63, 3.8) is 0 Å². The predicted octanol–water partition coefficient (Wildman–Crippen LogP) is 2.78. The van der Waals surface area contributed by atoms with Gasteiger partial charge in [0.25, 0.3) is 5.91 Å². The number of amides is 1. The normalized spacial score (nSPS) is 15.3. The van der Waals surface area contributed by atoms with Crippen molar-refractivity contribution in [2.45, 2.75) is 18.9 Å². The SMILES string of the molecule is COc1cccc2sc(N3CCC(N(C)C(=O)c4cnn(C)c4)CC3)nc12. The summed E-state index contributed by atoms with van der Waals surface area (Å²) in [5.41, 5.74) is 1.56. The van der Waals surface area contributed by atoms with Crippen molar-refractivity contribution >= 4 is 32.6 Å². The number of carbonyl (C=O) groups excluding carboxylic acids is 1. The van der Waals surface area contributed by atoms with Crippen LogP contribution in [-0.2, 0) is 7.05 Å². The minimum Gasteiger partial charge on any atom is -0.494 e. The molecule has 27 heavy (non-hydrogen) atoms. The first-order valence-corrected chi connectivity index (χ1v) is 9.83. The lowest BCUT2D eigenvalue weighted by Crippen LogP contribution is -2.45. The highest BCUT2D eigenvalue weighted by Gasteiger charge is 2.28. The number of rotatable bonds is 4. The Hall–Kier alpha value is -2.61. The number of aromatic nitrogens is 3. The van der Waals surface area contributed by atoms with Crippen LogP contribution in [0.4, 0.5) is 5.13 Å². The van der Waals surface area contributed by atoms with E-state index in [9.17, 15) is 4.79 Å². The lowest BCUT2D eigenvalue weighted by molar-refractivity contribution is 0.0709. The number of thiazole rings is 1. The van der Waals surface area contributed by atoms with Gasteiger partial charge in [0, 0.05) is 39.4 Å². The van der Waals surface area contributed by atoms with Gasteiger partial charge in [-0.3, -0.25) is 9.48 Å². The van der Waals surface area contributed by atoms with E-state index in [1.54, 1.807) is 35.5 Å². The van der Waals surface area contributed by atoms with Crippen molar-refractivity contribution in [2.24, 2.45) is 7.05 Å². The molecule has 0 N–H and O–H groups in total. The van der Waals surface area contributed by atoms with Crippen LogP contribution >= 0.6 is 11.3 Å². The molecule has 0 unspecified atom stereocenters. The van der Waals surface area contributed by atoms with Crippen LogP contribution in [0.1, 0.15) is 23.2 Å². The summed E-state index contributed by atoms with van der Waals surface area (Å²) in [6.07, 6.45) is 5.25. The maximum atomic E-state index is 12.6. The molecule has 0 spiro atoms. The fourth-order valence-electron chi connectivity index (χ4n) is 3.56. The van der Waals surface area contributed by atoms with Gasteiger partial charge in [-0.25, -0.2) is 4.98 Å². The number of methoxy groups -OCH3 is 1. The number of para-hydroxylation sites is 1. The predicted molar refractivity (Wildman–Crippen MR) is 107 cm³/mol. The summed E-state index contributed by atoms with van der Waals surface area (Å²) in [5.74, 6) is 0.845. The van der Waals surface area contributed by atoms with E-state index in [-0.39, 0.29) is 11.9 Å². The van der Waals surface area contributed by atoms with Gasteiger partial charge in [0.2, 0.25) is 0 Å². The Balaban J connectivity index is 1.43. The first kappa shape index (κ1) is 17.8. The monoisotopic (exact) mass is 385 g/mol. The molecule has 1 aromatic carbocycles. The number of benzene rings is 1. The Kier molecular flexibility index (Phi) is 4.73. The molecule has 142 valence electrons. The first-order chi connectivity index (χ1) is 13.1. The summed E-state index contributed by atoms with van der Waals surface area (Å²) >= 11 is 1.69. The average molecular weight is 385 g/mol. The second-order valence-corrected chi connectivity index (χ2v) is 7.85. The lowest BCUT2D eigenvalue weighted by Gasteiger charge is -2.36. The number of carbonyl (C=O) groups is 1. The minimum absolute atomic E-state index is 0.0336. The molecule has 0 bridgehead atoms. The topological polar surface area (TPSA) is 63.5 Å². The molecule has 7 nitrogen and oxygen atoms in total. The number of fused-ring (bicyclic) bond motifs is 1. The van der Waals surface area contributed by atoms with Crippen molar-refractivity contribution in [3.05, 3.63) is 36.2 Å². The Morgan fingerprint density at radius 1 is 1.33 bits per heavy atom. The summed E-state index contributed by atoms with van der Waals surface area (Å²) in [6.45, 7) is 1.77. The van der Waals surface area contributed by atoms with Crippen LogP contribution in [0.25, 0.3) is 10.2 Å². The molecule has 3 heterocycles. The summed E-state index contributed by atoms with van der Waals surface area (Å²) in [4.78, 5) is 21.6. The van der Waals surface area contributed by atoms with Crippen LogP contribution in [0.5, 0.6) is 5.75 Å². The van der Waals surface area contributed by atoms with Gasteiger partial charge < -0.3 is 14.5 Å². The molecule has 0 atom stereocenters. The molecular formula is C19H23N5O2S. The zero-order chi connectivity index (χ0) is 19.0. The molecule has 0 radical (unpaired) electrons. The average Bonchev–Trinajstić information content (AvgIpc) is 3.33. The van der Waals surface area contributed by atoms with Crippen molar-refractivity contribution in [1.29, 1.82) is 0 Å². The summed E-state index contributed by atoms with van der Waals surface area (Å²) in [6, 6.07) is 6.25. The molecule has 1 amide bonds. The number of nitrogens with zero attached hydrogens (tertiary/aromatic N) is 5. The van der Waals surface area contributed by atoms with Crippen LogP contribution in [-0.4, -0.2) is 58.9 Å². The standard InChI is InChI=1S/C19H23N5O2S/c1-22-12-13(11-20-22)18(25)23(2)14-7-9-24(10-8-14)19-21-17-15(26-3)5-4-6-16(17)27-19/h4-6,11-12,14H,7-10H2,1-3H3. The zero-order valence-electron chi connectivity index (χ0n) is 15.8. The van der Waals surface area contributed by atoms with E-state index in [2.05, 4.69) is 16.1 Å². The van der Waals surface area contributed by atoms with Crippen molar-refractivity contribution in [3.8, 4) is 5.75 Å². The Morgan fingerprint density at radius 2 is 2.11 bits per heavy atom. The van der Waals surface area contributed by atoms with Crippen LogP contribution in [0.15, 0.2) is 30.6 Å². The third kappa shape index (κ3) is 3.37. The Labute approximate surface area is 162 Å². The molecule has 0 aliphatic carbocycles. The first-order valence-electron chi connectivity index (χ1n) is 9.01. The second kappa shape index (κ2) is 7.19. The third-order valence-electron chi connectivity index (χ3n) is 5.15. The maximum absolute atomic E-state index is 12.6. The number of aryl methyl sites for hydroxylation is 1. The maximum Gasteiger partial charge on any atom is 0.257 e. The molecule has 8 heteroatoms. The highest BCUT2D eigenvalue weighted by Crippen LogP contribution is 2.35. The van der Waals surface area contributed by atoms with E-state index in [4.69, 9.17) is 9.72 Å². The summed E-state index contributed by atoms with van der Waals surface area (Å²) in [5, 5.41) is 5.12.